The highest BCUT2D eigenvalue weighted by molar-refractivity contribution is 5.81. The number of piperidine rings is 2. The smallest absolute Gasteiger partial charge is 0.136 e. The number of fused-ring (bicyclic) bond motifs is 2. The van der Waals surface area contributed by atoms with Gasteiger partial charge in [-0.25, -0.2) is 0 Å². The van der Waals surface area contributed by atoms with Gasteiger partial charge in [-0.2, -0.15) is 0 Å². The molecule has 2 unspecified atom stereocenters. The number of hydrogen-bond donors (Lipinski definition) is 0. The minimum atomic E-state index is 0.385. The van der Waals surface area contributed by atoms with Crippen LogP contribution in [0.1, 0.15) is 103 Å². The van der Waals surface area contributed by atoms with Gasteiger partial charge in [-0.15, -0.1) is 0 Å². The first-order valence-electron chi connectivity index (χ1n) is 10.5. The van der Waals surface area contributed by atoms with Crippen LogP contribution in [0, 0.1) is 5.92 Å². The molecule has 0 aliphatic carbocycles. The van der Waals surface area contributed by atoms with Crippen molar-refractivity contribution in [2.24, 2.45) is 5.92 Å². The minimum absolute atomic E-state index is 0.385. The van der Waals surface area contributed by atoms with Gasteiger partial charge < -0.3 is 4.90 Å². The summed E-state index contributed by atoms with van der Waals surface area (Å²) in [6, 6.07) is 1.39. The summed E-state index contributed by atoms with van der Waals surface area (Å²) in [4.78, 5) is 15.1. The maximum absolute atomic E-state index is 12.5. The van der Waals surface area contributed by atoms with E-state index in [1.54, 1.807) is 0 Å². The molecule has 2 aliphatic rings. The van der Waals surface area contributed by atoms with E-state index in [-0.39, 0.29) is 0 Å². The molecule has 2 atom stereocenters. The van der Waals surface area contributed by atoms with Crippen LogP contribution in [0.4, 0.5) is 0 Å². The Kier molecular flexibility index (Phi) is 8.64. The molecule has 2 aliphatic heterocycles. The van der Waals surface area contributed by atoms with Gasteiger partial charge in [-0.05, 0) is 39.2 Å². The first-order valence-corrected chi connectivity index (χ1v) is 10.5. The molecule has 0 aromatic carbocycles. The van der Waals surface area contributed by atoms with E-state index in [4.69, 9.17) is 0 Å². The van der Waals surface area contributed by atoms with Crippen molar-refractivity contribution < 1.29 is 4.79 Å². The van der Waals surface area contributed by atoms with E-state index in [9.17, 15) is 4.79 Å². The van der Waals surface area contributed by atoms with Crippen molar-refractivity contribution in [1.29, 1.82) is 0 Å². The summed E-state index contributed by atoms with van der Waals surface area (Å²) >= 11 is 0. The Bertz CT molecular complexity index is 327. The molecule has 0 aromatic heterocycles. The SMILES string of the molecule is CCCCCCCCCCCC(=O)C1CC2CCCC(C1)N2C. The van der Waals surface area contributed by atoms with Crippen LogP contribution in [0.3, 0.4) is 0 Å². The summed E-state index contributed by atoms with van der Waals surface area (Å²) in [5.74, 6) is 0.966. The van der Waals surface area contributed by atoms with Crippen LogP contribution in [0.25, 0.3) is 0 Å². The lowest BCUT2D eigenvalue weighted by molar-refractivity contribution is -0.126. The molecule has 134 valence electrons. The van der Waals surface area contributed by atoms with Crippen LogP contribution < -0.4 is 0 Å². The molecule has 2 bridgehead atoms. The Hall–Kier alpha value is -0.370. The highest BCUT2D eigenvalue weighted by Gasteiger charge is 2.38. The molecule has 0 N–H and O–H groups in total. The number of hydrogen-bond acceptors (Lipinski definition) is 2. The Morgan fingerprint density at radius 2 is 1.39 bits per heavy atom. The Balaban J connectivity index is 1.52. The standard InChI is InChI=1S/C21H39NO/c1-3-4-5-6-7-8-9-10-11-15-21(23)18-16-19-13-12-14-20(17-18)22(19)2/h18-20H,3-17H2,1-2H3. The van der Waals surface area contributed by atoms with E-state index in [1.165, 1.54) is 70.6 Å². The minimum Gasteiger partial charge on any atom is -0.300 e. The largest absolute Gasteiger partial charge is 0.300 e. The molecule has 2 nitrogen and oxygen atoms in total. The molecule has 2 heteroatoms. The predicted octanol–water partition coefficient (Wildman–Crippen LogP) is 5.74. The van der Waals surface area contributed by atoms with Crippen molar-refractivity contribution in [2.75, 3.05) is 7.05 Å². The zero-order valence-corrected chi connectivity index (χ0v) is 15.7. The summed E-state index contributed by atoms with van der Waals surface area (Å²) in [6.45, 7) is 2.27. The fraction of sp³-hybridized carbons (Fsp3) is 0.952. The Labute approximate surface area is 144 Å². The lowest BCUT2D eigenvalue weighted by Crippen LogP contribution is -2.51. The average molecular weight is 322 g/mol. The molecule has 0 aromatic rings. The maximum atomic E-state index is 12.5. The number of Topliss-reactive ketones (excluding diaryl/α,β-unsaturated/α-hetero) is 1. The highest BCUT2D eigenvalue weighted by Crippen LogP contribution is 2.36. The van der Waals surface area contributed by atoms with Crippen molar-refractivity contribution in [3.8, 4) is 0 Å². The monoisotopic (exact) mass is 321 g/mol. The Morgan fingerprint density at radius 3 is 1.96 bits per heavy atom. The molecular weight excluding hydrogens is 282 g/mol. The number of carbonyl (C=O) groups is 1. The number of rotatable bonds is 11. The molecule has 0 spiro atoms. The molecule has 2 heterocycles. The van der Waals surface area contributed by atoms with Crippen molar-refractivity contribution in [3.05, 3.63) is 0 Å². The van der Waals surface area contributed by atoms with E-state index in [1.807, 2.05) is 0 Å². The van der Waals surface area contributed by atoms with E-state index < -0.39 is 0 Å². The van der Waals surface area contributed by atoms with E-state index in [2.05, 4.69) is 18.9 Å². The summed E-state index contributed by atoms with van der Waals surface area (Å²) in [5, 5.41) is 0. The zero-order chi connectivity index (χ0) is 16.5. The summed E-state index contributed by atoms with van der Waals surface area (Å²) < 4.78 is 0. The molecular formula is C21H39NO. The molecule has 2 rings (SSSR count). The van der Waals surface area contributed by atoms with E-state index in [0.29, 0.717) is 23.8 Å². The highest BCUT2D eigenvalue weighted by atomic mass is 16.1. The first-order chi connectivity index (χ1) is 11.2. The van der Waals surface area contributed by atoms with Gasteiger partial charge in [0.05, 0.1) is 0 Å². The summed E-state index contributed by atoms with van der Waals surface area (Å²) in [7, 11) is 2.27. The molecule has 2 saturated heterocycles. The van der Waals surface area contributed by atoms with Crippen LogP contribution in [0.5, 0.6) is 0 Å². The number of nitrogens with zero attached hydrogens (tertiary/aromatic N) is 1. The van der Waals surface area contributed by atoms with Gasteiger partial charge in [0.15, 0.2) is 0 Å². The summed E-state index contributed by atoms with van der Waals surface area (Å²) in [6.07, 6.45) is 19.2. The van der Waals surface area contributed by atoms with Crippen LogP contribution in [0.15, 0.2) is 0 Å². The second-order valence-electron chi connectivity index (χ2n) is 8.12. The van der Waals surface area contributed by atoms with Crippen molar-refractivity contribution in [1.82, 2.24) is 4.90 Å². The van der Waals surface area contributed by atoms with Gasteiger partial charge in [-0.3, -0.25) is 4.79 Å². The molecule has 2 fully saturated rings. The van der Waals surface area contributed by atoms with E-state index in [0.717, 1.165) is 25.7 Å². The first kappa shape index (κ1) is 19.0. The van der Waals surface area contributed by atoms with Crippen molar-refractivity contribution >= 4 is 5.78 Å². The van der Waals surface area contributed by atoms with Gasteiger partial charge >= 0.3 is 0 Å². The normalized spacial score (nSPS) is 28.0. The fourth-order valence-electron chi connectivity index (χ4n) is 4.69. The quantitative estimate of drug-likeness (QED) is 0.452. The topological polar surface area (TPSA) is 20.3 Å². The lowest BCUT2D eigenvalue weighted by Gasteiger charge is -2.46. The molecule has 0 radical (unpaired) electrons. The molecule has 23 heavy (non-hydrogen) atoms. The third kappa shape index (κ3) is 6.21. The van der Waals surface area contributed by atoms with Gasteiger partial charge in [0.2, 0.25) is 0 Å². The molecule has 0 saturated carbocycles. The van der Waals surface area contributed by atoms with Crippen molar-refractivity contribution in [3.63, 3.8) is 0 Å². The fourth-order valence-corrected chi connectivity index (χ4v) is 4.69. The van der Waals surface area contributed by atoms with Gasteiger partial charge in [0, 0.05) is 24.4 Å². The van der Waals surface area contributed by atoms with E-state index >= 15 is 0 Å². The van der Waals surface area contributed by atoms with Gasteiger partial charge in [0.25, 0.3) is 0 Å². The average Bonchev–Trinajstić information content (AvgIpc) is 2.53. The van der Waals surface area contributed by atoms with Crippen LogP contribution in [-0.4, -0.2) is 29.8 Å². The number of ketones is 1. The second kappa shape index (κ2) is 10.5. The maximum Gasteiger partial charge on any atom is 0.136 e. The molecule has 0 amide bonds. The van der Waals surface area contributed by atoms with Crippen LogP contribution in [-0.2, 0) is 4.79 Å². The number of carbonyl (C=O) groups excluding carboxylic acids is 1. The van der Waals surface area contributed by atoms with Crippen molar-refractivity contribution in [2.45, 2.75) is 115 Å². The van der Waals surface area contributed by atoms with Crippen LogP contribution in [0.2, 0.25) is 0 Å². The van der Waals surface area contributed by atoms with Gasteiger partial charge in [-0.1, -0.05) is 64.7 Å². The Morgan fingerprint density at radius 1 is 0.870 bits per heavy atom. The number of unbranched alkanes of at least 4 members (excludes halogenated alkanes) is 8. The second-order valence-corrected chi connectivity index (χ2v) is 8.12. The third-order valence-electron chi connectivity index (χ3n) is 6.32. The lowest BCUT2D eigenvalue weighted by atomic mass is 9.76. The predicted molar refractivity (Wildman–Crippen MR) is 98.8 cm³/mol. The van der Waals surface area contributed by atoms with Gasteiger partial charge in [0.1, 0.15) is 5.78 Å². The third-order valence-corrected chi connectivity index (χ3v) is 6.32. The summed E-state index contributed by atoms with van der Waals surface area (Å²) in [5.41, 5.74) is 0. The zero-order valence-electron chi connectivity index (χ0n) is 15.7. The van der Waals surface area contributed by atoms with Crippen LogP contribution >= 0.6 is 0 Å².